The van der Waals surface area contributed by atoms with Crippen molar-refractivity contribution in [1.82, 2.24) is 0 Å². The Morgan fingerprint density at radius 3 is 1.07 bits per heavy atom. The highest BCUT2D eigenvalue weighted by Gasteiger charge is 2.17. The summed E-state index contributed by atoms with van der Waals surface area (Å²) in [6.45, 7) is 7.83. The summed E-state index contributed by atoms with van der Waals surface area (Å²) in [4.78, 5) is 25.4. The Morgan fingerprint density at radius 2 is 0.667 bits per heavy atom. The van der Waals surface area contributed by atoms with E-state index in [0.717, 1.165) is 44.9 Å². The molecule has 0 aromatic heterocycles. The third-order valence-corrected chi connectivity index (χ3v) is 12.0. The van der Waals surface area contributed by atoms with Gasteiger partial charge in [0.15, 0.2) is 6.10 Å². The lowest BCUT2D eigenvalue weighted by Crippen LogP contribution is -2.30. The highest BCUT2D eigenvalue weighted by molar-refractivity contribution is 5.70. The molecule has 0 rings (SSSR count). The minimum absolute atomic E-state index is 0.0860. The van der Waals surface area contributed by atoms with E-state index in [4.69, 9.17) is 14.2 Å². The van der Waals surface area contributed by atoms with Crippen LogP contribution in [0.1, 0.15) is 290 Å². The molecule has 60 heavy (non-hydrogen) atoms. The summed E-state index contributed by atoms with van der Waals surface area (Å²) in [5.74, 6) is -0.396. The van der Waals surface area contributed by atoms with E-state index in [-0.39, 0.29) is 18.5 Å². The molecular formula is C55H104O5. The van der Waals surface area contributed by atoms with E-state index in [1.807, 2.05) is 0 Å². The van der Waals surface area contributed by atoms with Gasteiger partial charge in [-0.2, -0.15) is 0 Å². The first kappa shape index (κ1) is 58.4. The van der Waals surface area contributed by atoms with Crippen LogP contribution in [-0.2, 0) is 23.8 Å². The molecule has 0 aliphatic heterocycles. The van der Waals surface area contributed by atoms with Crippen LogP contribution in [0.15, 0.2) is 24.3 Å². The fourth-order valence-electron chi connectivity index (χ4n) is 7.90. The predicted octanol–water partition coefficient (Wildman–Crippen LogP) is 18.0. The van der Waals surface area contributed by atoms with Crippen molar-refractivity contribution in [3.63, 3.8) is 0 Å². The first-order valence-corrected chi connectivity index (χ1v) is 26.9. The molecule has 5 heteroatoms. The minimum atomic E-state index is -0.535. The van der Waals surface area contributed by atoms with Gasteiger partial charge in [-0.1, -0.05) is 238 Å². The molecule has 0 aromatic carbocycles. The smallest absolute Gasteiger partial charge is 0.306 e. The Bertz CT molecular complexity index is 913. The summed E-state index contributed by atoms with van der Waals surface area (Å²) < 4.78 is 17.4. The fourth-order valence-corrected chi connectivity index (χ4v) is 7.90. The van der Waals surface area contributed by atoms with E-state index >= 15 is 0 Å². The van der Waals surface area contributed by atoms with Gasteiger partial charge in [-0.3, -0.25) is 9.59 Å². The molecule has 0 saturated heterocycles. The van der Waals surface area contributed by atoms with Gasteiger partial charge < -0.3 is 14.2 Å². The number of carbonyl (C=O) groups is 2. The van der Waals surface area contributed by atoms with Crippen molar-refractivity contribution < 1.29 is 23.8 Å². The van der Waals surface area contributed by atoms with Crippen molar-refractivity contribution in [2.24, 2.45) is 0 Å². The van der Waals surface area contributed by atoms with Gasteiger partial charge in [0.25, 0.3) is 0 Å². The van der Waals surface area contributed by atoms with Gasteiger partial charge in [-0.15, -0.1) is 0 Å². The molecule has 0 fully saturated rings. The van der Waals surface area contributed by atoms with Gasteiger partial charge in [0.1, 0.15) is 6.61 Å². The molecule has 0 spiro atoms. The van der Waals surface area contributed by atoms with Crippen LogP contribution >= 0.6 is 0 Å². The summed E-state index contributed by atoms with van der Waals surface area (Å²) in [7, 11) is 0. The Balaban J connectivity index is 4.19. The maximum atomic E-state index is 12.8. The monoisotopic (exact) mass is 845 g/mol. The SMILES string of the molecule is CCCC/C=C\CCCCCCCC(=O)OC(COCCCCCCCCCCCCCCCCCC)COC(=O)CCCCCCCCC/C=C\CCCCCCCC. The van der Waals surface area contributed by atoms with Gasteiger partial charge in [0, 0.05) is 19.4 Å². The molecule has 0 aliphatic carbocycles. The van der Waals surface area contributed by atoms with Gasteiger partial charge in [-0.25, -0.2) is 0 Å². The largest absolute Gasteiger partial charge is 0.462 e. The predicted molar refractivity (Wildman–Crippen MR) is 261 cm³/mol. The van der Waals surface area contributed by atoms with E-state index in [2.05, 4.69) is 45.1 Å². The van der Waals surface area contributed by atoms with Crippen molar-refractivity contribution in [3.05, 3.63) is 24.3 Å². The molecule has 1 unspecified atom stereocenters. The molecule has 0 N–H and O–H groups in total. The van der Waals surface area contributed by atoms with Gasteiger partial charge >= 0.3 is 11.9 Å². The molecule has 1 atom stereocenters. The second kappa shape index (κ2) is 51.7. The van der Waals surface area contributed by atoms with E-state index in [0.29, 0.717) is 26.1 Å². The molecule has 0 bridgehead atoms. The lowest BCUT2D eigenvalue weighted by Gasteiger charge is -2.18. The summed E-state index contributed by atoms with van der Waals surface area (Å²) in [6.07, 6.45) is 60.4. The summed E-state index contributed by atoms with van der Waals surface area (Å²) >= 11 is 0. The number of carbonyl (C=O) groups excluding carboxylic acids is 2. The number of rotatable bonds is 50. The third-order valence-electron chi connectivity index (χ3n) is 12.0. The second-order valence-corrected chi connectivity index (χ2v) is 18.1. The molecular weight excluding hydrogens is 741 g/mol. The van der Waals surface area contributed by atoms with Crippen LogP contribution in [0.2, 0.25) is 0 Å². The molecule has 0 saturated carbocycles. The highest BCUT2D eigenvalue weighted by atomic mass is 16.6. The van der Waals surface area contributed by atoms with E-state index in [9.17, 15) is 9.59 Å². The molecule has 0 aliphatic rings. The minimum Gasteiger partial charge on any atom is -0.462 e. The van der Waals surface area contributed by atoms with Crippen LogP contribution in [0.5, 0.6) is 0 Å². The zero-order valence-electron chi connectivity index (χ0n) is 40.7. The topological polar surface area (TPSA) is 61.8 Å². The first-order chi connectivity index (χ1) is 29.6. The van der Waals surface area contributed by atoms with Crippen LogP contribution in [-0.4, -0.2) is 37.9 Å². The molecule has 0 aromatic rings. The van der Waals surface area contributed by atoms with Crippen LogP contribution in [0.3, 0.4) is 0 Å². The van der Waals surface area contributed by atoms with E-state index in [1.165, 1.54) is 212 Å². The molecule has 0 radical (unpaired) electrons. The van der Waals surface area contributed by atoms with Crippen LogP contribution < -0.4 is 0 Å². The van der Waals surface area contributed by atoms with Crippen molar-refractivity contribution in [2.45, 2.75) is 297 Å². The van der Waals surface area contributed by atoms with Crippen molar-refractivity contribution >= 4 is 11.9 Å². The maximum absolute atomic E-state index is 12.8. The second-order valence-electron chi connectivity index (χ2n) is 18.1. The lowest BCUT2D eigenvalue weighted by atomic mass is 10.0. The highest BCUT2D eigenvalue weighted by Crippen LogP contribution is 2.16. The Morgan fingerprint density at radius 1 is 0.350 bits per heavy atom. The first-order valence-electron chi connectivity index (χ1n) is 26.9. The standard InChI is InChI=1S/C55H104O5/c1-4-7-10-13-16-19-22-24-26-28-29-31-34-36-39-42-45-48-54(56)59-52-53(60-55(57)49-46-43-40-37-33-21-18-15-12-9-6-3)51-58-50-47-44-41-38-35-32-30-27-25-23-20-17-14-11-8-5-2/h15,18,24,26,53H,4-14,16-17,19-23,25,27-52H2,1-3H3/b18-15-,26-24-. The normalized spacial score (nSPS) is 12.2. The average molecular weight is 845 g/mol. The van der Waals surface area contributed by atoms with E-state index < -0.39 is 6.10 Å². The number of ether oxygens (including phenoxy) is 3. The van der Waals surface area contributed by atoms with Crippen molar-refractivity contribution in [3.8, 4) is 0 Å². The fraction of sp³-hybridized carbons (Fsp3) is 0.891. The third kappa shape index (κ3) is 49.0. The Hall–Kier alpha value is -1.62. The number of allylic oxidation sites excluding steroid dienone is 4. The molecule has 0 heterocycles. The molecule has 0 amide bonds. The van der Waals surface area contributed by atoms with Gasteiger partial charge in [0.2, 0.25) is 0 Å². The Kier molecular flexibility index (Phi) is 50.3. The van der Waals surface area contributed by atoms with Crippen molar-refractivity contribution in [1.29, 1.82) is 0 Å². The quantitative estimate of drug-likeness (QED) is 0.0347. The van der Waals surface area contributed by atoms with Crippen LogP contribution in [0.4, 0.5) is 0 Å². The van der Waals surface area contributed by atoms with Crippen LogP contribution in [0.25, 0.3) is 0 Å². The maximum Gasteiger partial charge on any atom is 0.306 e. The van der Waals surface area contributed by atoms with Crippen LogP contribution in [0, 0.1) is 0 Å². The number of hydrogen-bond acceptors (Lipinski definition) is 5. The zero-order valence-corrected chi connectivity index (χ0v) is 40.7. The van der Waals surface area contributed by atoms with E-state index in [1.54, 1.807) is 0 Å². The number of unbranched alkanes of at least 4 members (excludes halogenated alkanes) is 35. The Labute approximate surface area is 375 Å². The number of hydrogen-bond donors (Lipinski definition) is 0. The molecule has 354 valence electrons. The van der Waals surface area contributed by atoms with Crippen molar-refractivity contribution in [2.75, 3.05) is 19.8 Å². The summed E-state index contributed by atoms with van der Waals surface area (Å²) in [6, 6.07) is 0. The lowest BCUT2D eigenvalue weighted by molar-refractivity contribution is -0.163. The summed E-state index contributed by atoms with van der Waals surface area (Å²) in [5.41, 5.74) is 0. The van der Waals surface area contributed by atoms with Gasteiger partial charge in [-0.05, 0) is 64.2 Å². The number of esters is 2. The van der Waals surface area contributed by atoms with Gasteiger partial charge in [0.05, 0.1) is 6.61 Å². The molecule has 5 nitrogen and oxygen atoms in total. The average Bonchev–Trinajstić information content (AvgIpc) is 3.25. The summed E-state index contributed by atoms with van der Waals surface area (Å²) in [5, 5.41) is 0. The zero-order chi connectivity index (χ0) is 43.5.